The predicted octanol–water partition coefficient (Wildman–Crippen LogP) is 4.59. The number of thiazole rings is 1. The summed E-state index contributed by atoms with van der Waals surface area (Å²) in [5.74, 6) is 0.210. The van der Waals surface area contributed by atoms with Crippen LogP contribution in [0.3, 0.4) is 0 Å². The second kappa shape index (κ2) is 11.3. The molecule has 196 valence electrons. The number of rotatable bonds is 8. The van der Waals surface area contributed by atoms with Crippen LogP contribution in [0.2, 0.25) is 0 Å². The number of aromatic nitrogens is 1. The Morgan fingerprint density at radius 2 is 1.66 bits per heavy atom. The second-order valence-corrected chi connectivity index (χ2v) is 10.3. The molecule has 1 aliphatic carbocycles. The first kappa shape index (κ1) is 25.9. The van der Waals surface area contributed by atoms with Gasteiger partial charge in [0.1, 0.15) is 5.82 Å². The van der Waals surface area contributed by atoms with Gasteiger partial charge in [0.2, 0.25) is 5.13 Å². The molecule has 2 aromatic carbocycles. The first-order valence-corrected chi connectivity index (χ1v) is 13.5. The molecular formula is C28H30N6O3S. The largest absolute Gasteiger partial charge is 0.395 e. The molecule has 5 rings (SSSR count). The highest BCUT2D eigenvalue weighted by Crippen LogP contribution is 2.37. The number of piperazine rings is 1. The van der Waals surface area contributed by atoms with Gasteiger partial charge in [0.25, 0.3) is 0 Å². The summed E-state index contributed by atoms with van der Waals surface area (Å²) in [4.78, 5) is 38.0. The molecule has 0 spiro atoms. The zero-order valence-electron chi connectivity index (χ0n) is 21.5. The lowest BCUT2D eigenvalue weighted by molar-refractivity contribution is 0.0990. The number of ketones is 2. The van der Waals surface area contributed by atoms with E-state index >= 15 is 0 Å². The zero-order valence-corrected chi connectivity index (χ0v) is 22.3. The summed E-state index contributed by atoms with van der Waals surface area (Å²) < 4.78 is 0. The standard InChI is InChI=1S/C28H30N6O3S/c1-3-33(16-17-35)20-10-8-19(9-11-20)30-31-28-29-27(34-14-12-32(2)13-15-34)24(38-28)18-23-25(36)21-6-4-5-7-22(21)26(23)37/h4-11,18,35H,3,12-17H2,1-2H3/b31-30+. The first-order chi connectivity index (χ1) is 18.5. The van der Waals surface area contributed by atoms with Gasteiger partial charge in [0.15, 0.2) is 11.6 Å². The lowest BCUT2D eigenvalue weighted by Crippen LogP contribution is -2.44. The van der Waals surface area contributed by atoms with Crippen molar-refractivity contribution in [2.45, 2.75) is 6.92 Å². The van der Waals surface area contributed by atoms with Crippen LogP contribution < -0.4 is 9.80 Å². The zero-order chi connectivity index (χ0) is 26.6. The minimum absolute atomic E-state index is 0.0940. The molecule has 0 atom stereocenters. The number of likely N-dealkylation sites (N-methyl/N-ethyl adjacent to an activating group) is 2. The average molecular weight is 531 g/mol. The van der Waals surface area contributed by atoms with E-state index < -0.39 is 0 Å². The van der Waals surface area contributed by atoms with Gasteiger partial charge in [-0.05, 0) is 44.3 Å². The van der Waals surface area contributed by atoms with E-state index in [4.69, 9.17) is 4.98 Å². The van der Waals surface area contributed by atoms with Gasteiger partial charge in [-0.2, -0.15) is 4.98 Å². The van der Waals surface area contributed by atoms with E-state index in [2.05, 4.69) is 32.0 Å². The van der Waals surface area contributed by atoms with Gasteiger partial charge in [0, 0.05) is 56.1 Å². The smallest absolute Gasteiger partial charge is 0.232 e. The van der Waals surface area contributed by atoms with Gasteiger partial charge in [-0.15, -0.1) is 10.2 Å². The number of anilines is 2. The summed E-state index contributed by atoms with van der Waals surface area (Å²) >= 11 is 1.32. The molecule has 38 heavy (non-hydrogen) atoms. The molecule has 1 N–H and O–H groups in total. The number of carbonyl (C=O) groups is 2. The summed E-state index contributed by atoms with van der Waals surface area (Å²) in [6.45, 7) is 6.87. The second-order valence-electron chi connectivity index (χ2n) is 9.26. The molecule has 3 aromatic rings. The molecule has 10 heteroatoms. The van der Waals surface area contributed by atoms with E-state index in [9.17, 15) is 14.7 Å². The van der Waals surface area contributed by atoms with Crippen molar-refractivity contribution in [2.24, 2.45) is 10.2 Å². The molecule has 9 nitrogen and oxygen atoms in total. The highest BCUT2D eigenvalue weighted by molar-refractivity contribution is 7.16. The van der Waals surface area contributed by atoms with Gasteiger partial charge < -0.3 is 19.8 Å². The van der Waals surface area contributed by atoms with Crippen molar-refractivity contribution in [2.75, 3.05) is 62.7 Å². The Bertz CT molecular complexity index is 1350. The van der Waals surface area contributed by atoms with Crippen LogP contribution in [-0.4, -0.2) is 79.5 Å². The molecule has 0 radical (unpaired) electrons. The number of hydrogen-bond acceptors (Lipinski definition) is 10. The van der Waals surface area contributed by atoms with E-state index in [1.165, 1.54) is 11.3 Å². The number of aliphatic hydroxyl groups is 1. The van der Waals surface area contributed by atoms with Crippen molar-refractivity contribution in [3.05, 3.63) is 70.1 Å². The van der Waals surface area contributed by atoms with Gasteiger partial charge in [-0.3, -0.25) is 9.59 Å². The van der Waals surface area contributed by atoms with E-state index in [0.717, 1.165) is 49.1 Å². The summed E-state index contributed by atoms with van der Waals surface area (Å²) in [7, 11) is 2.09. The molecule has 0 saturated carbocycles. The molecule has 1 aromatic heterocycles. The topological polar surface area (TPSA) is 102 Å². The maximum atomic E-state index is 13.0. The molecule has 1 saturated heterocycles. The lowest BCUT2D eigenvalue weighted by atomic mass is 10.1. The van der Waals surface area contributed by atoms with E-state index in [0.29, 0.717) is 28.5 Å². The number of nitrogens with zero attached hydrogens (tertiary/aromatic N) is 6. The van der Waals surface area contributed by atoms with Gasteiger partial charge in [-0.1, -0.05) is 35.6 Å². The SMILES string of the molecule is CCN(CCO)c1ccc(/N=N/c2nc(N3CCN(C)CC3)c(C=C3C(=O)c4ccccc4C3=O)s2)cc1. The van der Waals surface area contributed by atoms with Crippen LogP contribution in [0.25, 0.3) is 6.08 Å². The summed E-state index contributed by atoms with van der Waals surface area (Å²) in [5, 5.41) is 18.5. The molecule has 1 aliphatic heterocycles. The summed E-state index contributed by atoms with van der Waals surface area (Å²) in [6, 6.07) is 14.6. The molecule has 1 fully saturated rings. The van der Waals surface area contributed by atoms with Crippen molar-refractivity contribution >= 4 is 51.3 Å². The van der Waals surface area contributed by atoms with Crippen molar-refractivity contribution in [3.8, 4) is 0 Å². The van der Waals surface area contributed by atoms with Crippen molar-refractivity contribution in [1.82, 2.24) is 9.88 Å². The summed E-state index contributed by atoms with van der Waals surface area (Å²) in [5.41, 5.74) is 2.74. The third-order valence-corrected chi connectivity index (χ3v) is 7.70. The fraction of sp³-hybridized carbons (Fsp3) is 0.321. The van der Waals surface area contributed by atoms with Gasteiger partial charge >= 0.3 is 0 Å². The number of hydrogen-bond donors (Lipinski definition) is 1. The maximum Gasteiger partial charge on any atom is 0.232 e. The molecular weight excluding hydrogens is 500 g/mol. The Hall–Kier alpha value is -3.73. The molecule has 2 aliphatic rings. The predicted molar refractivity (Wildman–Crippen MR) is 150 cm³/mol. The number of Topliss-reactive ketones (excluding diaryl/α,β-unsaturated/α-hetero) is 2. The minimum atomic E-state index is -0.256. The number of aliphatic hydroxyl groups excluding tert-OH is 1. The van der Waals surface area contributed by atoms with Crippen molar-refractivity contribution in [1.29, 1.82) is 0 Å². The minimum Gasteiger partial charge on any atom is -0.395 e. The van der Waals surface area contributed by atoms with Crippen molar-refractivity contribution in [3.63, 3.8) is 0 Å². The number of fused-ring (bicyclic) bond motifs is 1. The fourth-order valence-electron chi connectivity index (χ4n) is 4.65. The highest BCUT2D eigenvalue weighted by atomic mass is 32.1. The molecule has 0 amide bonds. The van der Waals surface area contributed by atoms with Crippen LogP contribution >= 0.6 is 11.3 Å². The Morgan fingerprint density at radius 1 is 1.00 bits per heavy atom. The van der Waals surface area contributed by atoms with Crippen LogP contribution in [0.5, 0.6) is 0 Å². The Kier molecular flexibility index (Phi) is 7.73. The van der Waals surface area contributed by atoms with Crippen LogP contribution in [-0.2, 0) is 0 Å². The number of azo groups is 1. The van der Waals surface area contributed by atoms with Crippen LogP contribution in [0, 0.1) is 0 Å². The van der Waals surface area contributed by atoms with Crippen LogP contribution in [0.1, 0.15) is 32.5 Å². The molecule has 2 heterocycles. The Labute approximate surface area is 225 Å². The quantitative estimate of drug-likeness (QED) is 0.258. The van der Waals surface area contributed by atoms with E-state index in [1.54, 1.807) is 30.3 Å². The monoisotopic (exact) mass is 530 g/mol. The molecule has 0 bridgehead atoms. The Balaban J connectivity index is 1.44. The van der Waals surface area contributed by atoms with Crippen LogP contribution in [0.4, 0.5) is 22.3 Å². The number of allylic oxidation sites excluding steroid dienone is 1. The number of benzene rings is 2. The maximum absolute atomic E-state index is 13.0. The number of carbonyl (C=O) groups excluding carboxylic acids is 2. The highest BCUT2D eigenvalue weighted by Gasteiger charge is 2.33. The Morgan fingerprint density at radius 3 is 2.26 bits per heavy atom. The molecule has 0 unspecified atom stereocenters. The van der Waals surface area contributed by atoms with Crippen LogP contribution in [0.15, 0.2) is 64.3 Å². The van der Waals surface area contributed by atoms with E-state index in [1.807, 2.05) is 31.2 Å². The normalized spacial score (nSPS) is 16.0. The third kappa shape index (κ3) is 5.28. The van der Waals surface area contributed by atoms with E-state index in [-0.39, 0.29) is 23.7 Å². The third-order valence-electron chi connectivity index (χ3n) is 6.82. The fourth-order valence-corrected chi connectivity index (χ4v) is 5.50. The van der Waals surface area contributed by atoms with Gasteiger partial charge in [0.05, 0.1) is 22.7 Å². The first-order valence-electron chi connectivity index (χ1n) is 12.7. The van der Waals surface area contributed by atoms with Gasteiger partial charge in [-0.25, -0.2) is 0 Å². The van der Waals surface area contributed by atoms with Crippen molar-refractivity contribution < 1.29 is 14.7 Å². The average Bonchev–Trinajstić information content (AvgIpc) is 3.46. The summed E-state index contributed by atoms with van der Waals surface area (Å²) in [6.07, 6.45) is 1.67. The lowest BCUT2D eigenvalue weighted by Gasteiger charge is -2.32.